The van der Waals surface area contributed by atoms with E-state index in [2.05, 4.69) is 6.92 Å². The molecular formula is C24H26FNO2. The van der Waals surface area contributed by atoms with Gasteiger partial charge in [0, 0.05) is 12.1 Å². The van der Waals surface area contributed by atoms with Gasteiger partial charge in [-0.3, -0.25) is 4.79 Å². The maximum absolute atomic E-state index is 13.2. The Morgan fingerprint density at radius 1 is 0.929 bits per heavy atom. The van der Waals surface area contributed by atoms with E-state index < -0.39 is 0 Å². The van der Waals surface area contributed by atoms with Crippen molar-refractivity contribution in [3.8, 4) is 0 Å². The van der Waals surface area contributed by atoms with Crippen molar-refractivity contribution in [2.45, 2.75) is 46.2 Å². The maximum Gasteiger partial charge on any atom is 0.254 e. The molecule has 146 valence electrons. The molecule has 0 atom stereocenters. The van der Waals surface area contributed by atoms with Crippen molar-refractivity contribution in [3.05, 3.63) is 94.7 Å². The minimum atomic E-state index is -0.286. The molecule has 0 saturated carbocycles. The SMILES string of the molecule is CCCCc1ccc(C(=O)N(Cc2ccc(F)cc2)Cc2ccc(C)o2)cc1. The van der Waals surface area contributed by atoms with Crippen LogP contribution in [0.4, 0.5) is 4.39 Å². The highest BCUT2D eigenvalue weighted by atomic mass is 19.1. The normalized spacial score (nSPS) is 10.8. The Hall–Kier alpha value is -2.88. The van der Waals surface area contributed by atoms with Crippen LogP contribution in [0, 0.1) is 12.7 Å². The summed E-state index contributed by atoms with van der Waals surface area (Å²) >= 11 is 0. The van der Waals surface area contributed by atoms with Gasteiger partial charge in [-0.15, -0.1) is 0 Å². The number of carbonyl (C=O) groups is 1. The molecule has 0 unspecified atom stereocenters. The summed E-state index contributed by atoms with van der Waals surface area (Å²) in [5.74, 6) is 1.18. The Kier molecular flexibility index (Phi) is 6.64. The van der Waals surface area contributed by atoms with Crippen LogP contribution in [0.2, 0.25) is 0 Å². The van der Waals surface area contributed by atoms with E-state index in [9.17, 15) is 9.18 Å². The van der Waals surface area contributed by atoms with Gasteiger partial charge in [0.15, 0.2) is 0 Å². The van der Waals surface area contributed by atoms with Crippen LogP contribution < -0.4 is 0 Å². The highest BCUT2D eigenvalue weighted by Gasteiger charge is 2.18. The van der Waals surface area contributed by atoms with Gasteiger partial charge < -0.3 is 9.32 Å². The first-order valence-corrected chi connectivity index (χ1v) is 9.73. The Morgan fingerprint density at radius 3 is 2.21 bits per heavy atom. The van der Waals surface area contributed by atoms with E-state index in [1.54, 1.807) is 17.0 Å². The summed E-state index contributed by atoms with van der Waals surface area (Å²) < 4.78 is 18.9. The van der Waals surface area contributed by atoms with Gasteiger partial charge in [-0.05, 0) is 67.3 Å². The van der Waals surface area contributed by atoms with Crippen molar-refractivity contribution in [1.82, 2.24) is 4.90 Å². The zero-order valence-corrected chi connectivity index (χ0v) is 16.5. The lowest BCUT2D eigenvalue weighted by atomic mass is 10.1. The van der Waals surface area contributed by atoms with Crippen molar-refractivity contribution in [1.29, 1.82) is 0 Å². The van der Waals surface area contributed by atoms with Gasteiger partial charge in [0.05, 0.1) is 6.54 Å². The average Bonchev–Trinajstić information content (AvgIpc) is 3.12. The van der Waals surface area contributed by atoms with Gasteiger partial charge in [-0.25, -0.2) is 4.39 Å². The summed E-state index contributed by atoms with van der Waals surface area (Å²) in [7, 11) is 0. The molecule has 0 saturated heterocycles. The predicted octanol–water partition coefficient (Wildman–Crippen LogP) is 5.91. The number of carbonyl (C=O) groups excluding carboxylic acids is 1. The maximum atomic E-state index is 13.2. The number of furan rings is 1. The molecular weight excluding hydrogens is 353 g/mol. The van der Waals surface area contributed by atoms with Crippen molar-refractivity contribution >= 4 is 5.91 Å². The lowest BCUT2D eigenvalue weighted by Crippen LogP contribution is -2.30. The molecule has 1 amide bonds. The molecule has 3 nitrogen and oxygen atoms in total. The summed E-state index contributed by atoms with van der Waals surface area (Å²) in [6, 6.07) is 17.8. The molecule has 0 spiro atoms. The molecule has 0 aliphatic carbocycles. The van der Waals surface area contributed by atoms with Gasteiger partial charge >= 0.3 is 0 Å². The van der Waals surface area contributed by atoms with E-state index >= 15 is 0 Å². The van der Waals surface area contributed by atoms with Gasteiger partial charge in [-0.1, -0.05) is 37.6 Å². The number of aryl methyl sites for hydroxylation is 2. The summed E-state index contributed by atoms with van der Waals surface area (Å²) in [5, 5.41) is 0. The fourth-order valence-electron chi connectivity index (χ4n) is 3.15. The number of halogens is 1. The number of unbranched alkanes of at least 4 members (excludes halogenated alkanes) is 1. The molecule has 2 aromatic carbocycles. The zero-order valence-electron chi connectivity index (χ0n) is 16.5. The van der Waals surface area contributed by atoms with Crippen LogP contribution in [0.3, 0.4) is 0 Å². The first kappa shape index (κ1) is 19.9. The number of hydrogen-bond acceptors (Lipinski definition) is 2. The quantitative estimate of drug-likeness (QED) is 0.487. The van der Waals surface area contributed by atoms with Crippen LogP contribution in [0.25, 0.3) is 0 Å². The molecule has 3 rings (SSSR count). The monoisotopic (exact) mass is 379 g/mol. The van der Waals surface area contributed by atoms with E-state index in [0.717, 1.165) is 36.3 Å². The molecule has 0 bridgehead atoms. The molecule has 1 heterocycles. The highest BCUT2D eigenvalue weighted by Crippen LogP contribution is 2.17. The predicted molar refractivity (Wildman–Crippen MR) is 108 cm³/mol. The van der Waals surface area contributed by atoms with Gasteiger partial charge in [-0.2, -0.15) is 0 Å². The highest BCUT2D eigenvalue weighted by molar-refractivity contribution is 5.94. The average molecular weight is 379 g/mol. The van der Waals surface area contributed by atoms with Crippen molar-refractivity contribution in [3.63, 3.8) is 0 Å². The van der Waals surface area contributed by atoms with Crippen LogP contribution in [0.5, 0.6) is 0 Å². The van der Waals surface area contributed by atoms with Crippen LogP contribution in [0.1, 0.15) is 52.8 Å². The van der Waals surface area contributed by atoms with Crippen LogP contribution in [-0.4, -0.2) is 10.8 Å². The second kappa shape index (κ2) is 9.36. The summed E-state index contributed by atoms with van der Waals surface area (Å²) in [6.45, 7) is 4.80. The van der Waals surface area contributed by atoms with Crippen LogP contribution >= 0.6 is 0 Å². The number of nitrogens with zero attached hydrogens (tertiary/aromatic N) is 1. The lowest BCUT2D eigenvalue weighted by Gasteiger charge is -2.22. The van der Waals surface area contributed by atoms with Gasteiger partial charge in [0.25, 0.3) is 5.91 Å². The number of hydrogen-bond donors (Lipinski definition) is 0. The molecule has 28 heavy (non-hydrogen) atoms. The molecule has 0 fully saturated rings. The third kappa shape index (κ3) is 5.32. The van der Waals surface area contributed by atoms with Gasteiger partial charge in [0.2, 0.25) is 0 Å². The molecule has 4 heteroatoms. The minimum absolute atomic E-state index is 0.0691. The van der Waals surface area contributed by atoms with Crippen LogP contribution in [-0.2, 0) is 19.5 Å². The topological polar surface area (TPSA) is 33.5 Å². The van der Waals surface area contributed by atoms with Crippen LogP contribution in [0.15, 0.2) is 65.1 Å². The third-order valence-electron chi connectivity index (χ3n) is 4.74. The fourth-order valence-corrected chi connectivity index (χ4v) is 3.15. The van der Waals surface area contributed by atoms with E-state index in [0.29, 0.717) is 18.7 Å². The second-order valence-corrected chi connectivity index (χ2v) is 7.10. The molecule has 0 radical (unpaired) electrons. The Morgan fingerprint density at radius 2 is 1.61 bits per heavy atom. The summed E-state index contributed by atoms with van der Waals surface area (Å²) in [5.41, 5.74) is 2.76. The molecule has 0 aliphatic rings. The van der Waals surface area contributed by atoms with E-state index in [4.69, 9.17) is 4.42 Å². The first-order chi connectivity index (χ1) is 13.5. The largest absolute Gasteiger partial charge is 0.464 e. The molecule has 3 aromatic rings. The molecule has 0 N–H and O–H groups in total. The van der Waals surface area contributed by atoms with Crippen molar-refractivity contribution in [2.24, 2.45) is 0 Å². The minimum Gasteiger partial charge on any atom is -0.464 e. The summed E-state index contributed by atoms with van der Waals surface area (Å²) in [6.07, 6.45) is 3.31. The van der Waals surface area contributed by atoms with E-state index in [-0.39, 0.29) is 11.7 Å². The molecule has 1 aromatic heterocycles. The number of amides is 1. The first-order valence-electron chi connectivity index (χ1n) is 9.73. The Bertz CT molecular complexity index is 897. The van der Waals surface area contributed by atoms with E-state index in [1.165, 1.54) is 17.7 Å². The number of rotatable bonds is 8. The Labute approximate surface area is 165 Å². The van der Waals surface area contributed by atoms with Gasteiger partial charge in [0.1, 0.15) is 17.3 Å². The standard InChI is InChI=1S/C24H26FNO2/c1-3-4-5-19-7-11-21(12-8-19)24(27)26(17-23-15-6-18(2)28-23)16-20-9-13-22(25)14-10-20/h6-15H,3-5,16-17H2,1-2H3. The van der Waals surface area contributed by atoms with E-state index in [1.807, 2.05) is 43.3 Å². The van der Waals surface area contributed by atoms with Crippen molar-refractivity contribution in [2.75, 3.05) is 0 Å². The zero-order chi connectivity index (χ0) is 19.9. The Balaban J connectivity index is 1.79. The second-order valence-electron chi connectivity index (χ2n) is 7.10. The lowest BCUT2D eigenvalue weighted by molar-refractivity contribution is 0.0717. The third-order valence-corrected chi connectivity index (χ3v) is 4.74. The smallest absolute Gasteiger partial charge is 0.254 e. The number of benzene rings is 2. The summed E-state index contributed by atoms with van der Waals surface area (Å²) in [4.78, 5) is 14.9. The molecule has 0 aliphatic heterocycles. The fraction of sp³-hybridized carbons (Fsp3) is 0.292. The van der Waals surface area contributed by atoms with Crippen molar-refractivity contribution < 1.29 is 13.6 Å².